The Hall–Kier alpha value is -3.59. The Morgan fingerprint density at radius 1 is 1.34 bits per heavy atom. The molecule has 150 valence electrons. The molecule has 3 heterocycles. The molecule has 0 spiro atoms. The van der Waals surface area contributed by atoms with E-state index in [1.807, 2.05) is 25.1 Å². The van der Waals surface area contributed by atoms with Crippen molar-refractivity contribution in [3.05, 3.63) is 53.5 Å². The molecule has 1 amide bonds. The summed E-state index contributed by atoms with van der Waals surface area (Å²) in [6.07, 6.45) is 4.15. The third-order valence-corrected chi connectivity index (χ3v) is 4.58. The molecular formula is C20H25N7O2+2. The number of aromatic nitrogens is 2. The van der Waals surface area contributed by atoms with Gasteiger partial charge in [0.05, 0.1) is 24.0 Å². The molecule has 9 nitrogen and oxygen atoms in total. The quantitative estimate of drug-likeness (QED) is 0.279. The Balaban J connectivity index is 2.12. The van der Waals surface area contributed by atoms with Crippen molar-refractivity contribution in [1.29, 1.82) is 0 Å². The molecule has 3 rings (SSSR count). The van der Waals surface area contributed by atoms with Crippen molar-refractivity contribution in [2.75, 3.05) is 18.9 Å². The number of pyridine rings is 2. The second-order valence-corrected chi connectivity index (χ2v) is 6.75. The summed E-state index contributed by atoms with van der Waals surface area (Å²) in [5, 5.41) is 5.80. The molecule has 2 aromatic rings. The van der Waals surface area contributed by atoms with E-state index in [-0.39, 0.29) is 17.7 Å². The van der Waals surface area contributed by atoms with Crippen molar-refractivity contribution in [2.45, 2.75) is 19.4 Å². The molecule has 1 saturated heterocycles. The van der Waals surface area contributed by atoms with Crippen molar-refractivity contribution < 1.29 is 19.5 Å². The summed E-state index contributed by atoms with van der Waals surface area (Å²) in [6, 6.07) is 9.05. The first kappa shape index (κ1) is 20.2. The Kier molecular flexibility index (Phi) is 5.99. The van der Waals surface area contributed by atoms with Gasteiger partial charge in [0.15, 0.2) is 0 Å². The standard InChI is InChI=1S/C20H23N7O2/c1-12-3-2-4-16(26-12)18(22)15(9-25-14-7-8-29-11-14)13-5-6-17(21)27(10-13)19(23)20(24)28/h2-6,9-10,14,21,23H,7-8,11H2,1H3,(H4,22,24,25,28)/p+2/t14-/m0/s1. The molecular weight excluding hydrogens is 370 g/mol. The van der Waals surface area contributed by atoms with Gasteiger partial charge in [-0.3, -0.25) is 25.9 Å². The lowest BCUT2D eigenvalue weighted by molar-refractivity contribution is -0.564. The molecule has 0 unspecified atom stereocenters. The largest absolute Gasteiger partial charge is 0.402 e. The van der Waals surface area contributed by atoms with Crippen LogP contribution in [-0.4, -0.2) is 42.2 Å². The summed E-state index contributed by atoms with van der Waals surface area (Å²) < 4.78 is 6.70. The SMILES string of the molecule is Cc1cccc(C(N)=C(C=N[C@H]2CCOC2)c2ccc(N)[n+](C(=[NH2+])C(N)=O)c2)n1. The molecule has 1 aliphatic rings. The molecule has 1 fully saturated rings. The summed E-state index contributed by atoms with van der Waals surface area (Å²) in [7, 11) is 0. The molecule has 8 N–H and O–H groups in total. The lowest BCUT2D eigenvalue weighted by atomic mass is 10.0. The number of nitrogens with two attached hydrogens (primary N) is 4. The summed E-state index contributed by atoms with van der Waals surface area (Å²) >= 11 is 0. The number of nitrogen functional groups attached to an aromatic ring is 1. The van der Waals surface area contributed by atoms with Gasteiger partial charge in [-0.25, -0.2) is 0 Å². The minimum absolute atomic E-state index is 0.0615. The molecule has 0 saturated carbocycles. The Morgan fingerprint density at radius 3 is 2.79 bits per heavy atom. The number of amides is 1. The van der Waals surface area contributed by atoms with Crippen LogP contribution in [0.1, 0.15) is 23.4 Å². The van der Waals surface area contributed by atoms with E-state index in [0.29, 0.717) is 35.7 Å². The Morgan fingerprint density at radius 2 is 2.14 bits per heavy atom. The minimum Gasteiger partial charge on any atom is -0.396 e. The third kappa shape index (κ3) is 4.64. The Bertz CT molecular complexity index is 1010. The highest BCUT2D eigenvalue weighted by Crippen LogP contribution is 2.21. The summed E-state index contributed by atoms with van der Waals surface area (Å²) in [4.78, 5) is 20.6. The Labute approximate surface area is 168 Å². The number of ether oxygens (including phenoxy) is 1. The molecule has 0 bridgehead atoms. The molecule has 0 aromatic carbocycles. The van der Waals surface area contributed by atoms with Gasteiger partial charge in [0.25, 0.3) is 0 Å². The fourth-order valence-corrected chi connectivity index (χ4v) is 2.95. The van der Waals surface area contributed by atoms with Gasteiger partial charge in [0, 0.05) is 35.7 Å². The summed E-state index contributed by atoms with van der Waals surface area (Å²) in [6.45, 7) is 3.14. The predicted octanol–water partition coefficient (Wildman–Crippen LogP) is -1.56. The van der Waals surface area contributed by atoms with Crippen LogP contribution in [0, 0.1) is 6.92 Å². The molecule has 29 heavy (non-hydrogen) atoms. The van der Waals surface area contributed by atoms with Crippen LogP contribution in [0.4, 0.5) is 5.82 Å². The highest BCUT2D eigenvalue weighted by atomic mass is 16.5. The molecule has 2 aromatic heterocycles. The van der Waals surface area contributed by atoms with Crippen LogP contribution >= 0.6 is 0 Å². The van der Waals surface area contributed by atoms with Crippen LogP contribution in [0.25, 0.3) is 11.3 Å². The average Bonchev–Trinajstić information content (AvgIpc) is 3.22. The highest BCUT2D eigenvalue weighted by molar-refractivity contribution is 6.30. The lowest BCUT2D eigenvalue weighted by Crippen LogP contribution is -2.66. The maximum absolute atomic E-state index is 11.5. The number of nitrogens with zero attached hydrogens (tertiary/aromatic N) is 3. The normalized spacial score (nSPS) is 17.3. The molecule has 9 heteroatoms. The second-order valence-electron chi connectivity index (χ2n) is 6.75. The van der Waals surface area contributed by atoms with E-state index in [1.165, 1.54) is 4.57 Å². The molecule has 1 atom stereocenters. The number of allylic oxidation sites excluding steroid dienone is 1. The third-order valence-electron chi connectivity index (χ3n) is 4.58. The minimum atomic E-state index is -0.783. The summed E-state index contributed by atoms with van der Waals surface area (Å²) in [5.41, 5.74) is 20.9. The van der Waals surface area contributed by atoms with Crippen molar-refractivity contribution in [1.82, 2.24) is 4.98 Å². The van der Waals surface area contributed by atoms with Gasteiger partial charge in [-0.2, -0.15) is 0 Å². The summed E-state index contributed by atoms with van der Waals surface area (Å²) in [5.74, 6) is -0.718. The monoisotopic (exact) mass is 395 g/mol. The smallest absolute Gasteiger partial charge is 0.396 e. The first-order valence-corrected chi connectivity index (χ1v) is 9.15. The van der Waals surface area contributed by atoms with Crippen molar-refractivity contribution in [3.63, 3.8) is 0 Å². The zero-order valence-electron chi connectivity index (χ0n) is 16.2. The topological polar surface area (TPSA) is 159 Å². The number of carbonyl (C=O) groups excluding carboxylic acids is 1. The van der Waals surface area contributed by atoms with E-state index in [0.717, 1.165) is 12.1 Å². The van der Waals surface area contributed by atoms with Gasteiger partial charge in [-0.15, -0.1) is 4.57 Å². The van der Waals surface area contributed by atoms with E-state index in [2.05, 4.69) is 9.98 Å². The van der Waals surface area contributed by atoms with E-state index in [9.17, 15) is 4.79 Å². The van der Waals surface area contributed by atoms with Crippen LogP contribution in [-0.2, 0) is 9.53 Å². The second kappa shape index (κ2) is 8.61. The fourth-order valence-electron chi connectivity index (χ4n) is 2.95. The first-order chi connectivity index (χ1) is 13.9. The maximum atomic E-state index is 11.5. The van der Waals surface area contributed by atoms with Crippen LogP contribution in [0.2, 0.25) is 0 Å². The van der Waals surface area contributed by atoms with Gasteiger partial charge in [-0.05, 0) is 31.5 Å². The van der Waals surface area contributed by atoms with Crippen molar-refractivity contribution in [2.24, 2.45) is 16.5 Å². The van der Waals surface area contributed by atoms with Gasteiger partial charge >= 0.3 is 17.6 Å². The van der Waals surface area contributed by atoms with Gasteiger partial charge in [0.1, 0.15) is 6.20 Å². The number of hydrogen-bond acceptors (Lipinski definition) is 6. The molecule has 1 aliphatic heterocycles. The zero-order valence-corrected chi connectivity index (χ0v) is 16.2. The number of primary amides is 1. The maximum Gasteiger partial charge on any atom is 0.402 e. The van der Waals surface area contributed by atoms with Crippen LogP contribution in [0.5, 0.6) is 0 Å². The van der Waals surface area contributed by atoms with Crippen LogP contribution in [0.15, 0.2) is 41.5 Å². The average molecular weight is 395 g/mol. The highest BCUT2D eigenvalue weighted by Gasteiger charge is 2.24. The van der Waals surface area contributed by atoms with Crippen LogP contribution < -0.4 is 27.2 Å². The number of anilines is 1. The fraction of sp³-hybridized carbons (Fsp3) is 0.250. The molecule has 0 radical (unpaired) electrons. The molecule has 0 aliphatic carbocycles. The van der Waals surface area contributed by atoms with E-state index >= 15 is 0 Å². The van der Waals surface area contributed by atoms with Crippen molar-refractivity contribution in [3.8, 4) is 0 Å². The predicted molar refractivity (Wildman–Crippen MR) is 110 cm³/mol. The zero-order chi connectivity index (χ0) is 21.0. The van der Waals surface area contributed by atoms with E-state index in [1.54, 1.807) is 24.5 Å². The van der Waals surface area contributed by atoms with Gasteiger partial charge < -0.3 is 16.2 Å². The number of aryl methyl sites for hydroxylation is 1. The van der Waals surface area contributed by atoms with E-state index < -0.39 is 5.91 Å². The number of rotatable bonds is 4. The number of carbonyl (C=O) groups is 1. The van der Waals surface area contributed by atoms with Crippen LogP contribution in [0.3, 0.4) is 0 Å². The lowest BCUT2D eigenvalue weighted by Gasteiger charge is -2.10. The van der Waals surface area contributed by atoms with Gasteiger partial charge in [0.2, 0.25) is 0 Å². The number of hydrogen-bond donors (Lipinski definition) is 4. The van der Waals surface area contributed by atoms with E-state index in [4.69, 9.17) is 27.3 Å². The first-order valence-electron chi connectivity index (χ1n) is 9.15. The van der Waals surface area contributed by atoms with Crippen molar-refractivity contribution >= 4 is 35.0 Å². The number of aliphatic imine (C=N–C) groups is 1. The van der Waals surface area contributed by atoms with Gasteiger partial charge in [-0.1, -0.05) is 6.07 Å².